The van der Waals surface area contributed by atoms with Crippen LogP contribution in [0.2, 0.25) is 10.0 Å². The van der Waals surface area contributed by atoms with Crippen molar-refractivity contribution in [3.05, 3.63) is 86.9 Å². The van der Waals surface area contributed by atoms with E-state index in [0.29, 0.717) is 40.1 Å². The van der Waals surface area contributed by atoms with Crippen molar-refractivity contribution in [2.75, 3.05) is 27.4 Å². The molecule has 1 amide bonds. The first kappa shape index (κ1) is 24.2. The smallest absolute Gasteiger partial charge is 0.256 e. The first-order valence-corrected chi connectivity index (χ1v) is 11.9. The highest BCUT2D eigenvalue weighted by Crippen LogP contribution is 2.39. The molecule has 178 valence electrons. The summed E-state index contributed by atoms with van der Waals surface area (Å²) >= 11 is 12.4. The molecule has 0 saturated carbocycles. The molecule has 0 aromatic heterocycles. The average molecular weight is 500 g/mol. The Kier molecular flexibility index (Phi) is 7.54. The van der Waals surface area contributed by atoms with Gasteiger partial charge in [0.2, 0.25) is 0 Å². The molecule has 1 atom stereocenters. The molecule has 0 N–H and O–H groups in total. The second-order valence-corrected chi connectivity index (χ2v) is 8.95. The van der Waals surface area contributed by atoms with Crippen molar-refractivity contribution in [1.82, 2.24) is 4.90 Å². The number of carbonyl (C=O) groups excluding carboxylic acids is 1. The number of fused-ring (bicyclic) bond motifs is 1. The van der Waals surface area contributed by atoms with E-state index in [9.17, 15) is 4.79 Å². The van der Waals surface area contributed by atoms with Crippen LogP contribution in [0.5, 0.6) is 17.2 Å². The van der Waals surface area contributed by atoms with Gasteiger partial charge >= 0.3 is 0 Å². The minimum Gasteiger partial charge on any atom is -0.493 e. The zero-order valence-corrected chi connectivity index (χ0v) is 20.9. The van der Waals surface area contributed by atoms with Gasteiger partial charge in [0.1, 0.15) is 12.4 Å². The molecule has 3 aromatic carbocycles. The zero-order valence-electron chi connectivity index (χ0n) is 19.4. The number of amides is 1. The summed E-state index contributed by atoms with van der Waals surface area (Å²) in [6.45, 7) is 2.91. The minimum atomic E-state index is -0.339. The maximum absolute atomic E-state index is 13.6. The number of carbonyl (C=O) groups is 1. The van der Waals surface area contributed by atoms with Crippen LogP contribution in [0.1, 0.15) is 40.0 Å². The highest BCUT2D eigenvalue weighted by Gasteiger charge is 2.34. The van der Waals surface area contributed by atoms with E-state index in [1.807, 2.05) is 29.2 Å². The molecule has 0 radical (unpaired) electrons. The fraction of sp³-hybridized carbons (Fsp3) is 0.296. The molecule has 1 aliphatic heterocycles. The predicted molar refractivity (Wildman–Crippen MR) is 135 cm³/mol. The molecule has 0 spiro atoms. The van der Waals surface area contributed by atoms with Crippen LogP contribution in [0.25, 0.3) is 0 Å². The number of ether oxygens (including phenoxy) is 3. The van der Waals surface area contributed by atoms with Crippen LogP contribution in [0.4, 0.5) is 0 Å². The van der Waals surface area contributed by atoms with E-state index in [1.165, 1.54) is 5.56 Å². The number of benzene rings is 3. The molecule has 0 fully saturated rings. The molecule has 3 aromatic rings. The summed E-state index contributed by atoms with van der Waals surface area (Å²) in [7, 11) is 3.22. The zero-order chi connectivity index (χ0) is 24.2. The van der Waals surface area contributed by atoms with Gasteiger partial charge in [-0.2, -0.15) is 0 Å². The summed E-state index contributed by atoms with van der Waals surface area (Å²) in [5.41, 5.74) is 3.71. The van der Waals surface area contributed by atoms with E-state index < -0.39 is 0 Å². The van der Waals surface area contributed by atoms with E-state index in [0.717, 1.165) is 23.3 Å². The lowest BCUT2D eigenvalue weighted by Gasteiger charge is -2.38. The average Bonchev–Trinajstić information content (AvgIpc) is 2.86. The fourth-order valence-corrected chi connectivity index (χ4v) is 4.75. The van der Waals surface area contributed by atoms with E-state index in [4.69, 9.17) is 37.4 Å². The molecule has 1 heterocycles. The summed E-state index contributed by atoms with van der Waals surface area (Å²) in [6, 6.07) is 16.5. The number of hydrogen-bond donors (Lipinski definition) is 0. The summed E-state index contributed by atoms with van der Waals surface area (Å²) in [5, 5.41) is 0.809. The molecule has 5 nitrogen and oxygen atoms in total. The lowest BCUT2D eigenvalue weighted by Crippen LogP contribution is -2.42. The van der Waals surface area contributed by atoms with Crippen LogP contribution >= 0.6 is 23.2 Å². The van der Waals surface area contributed by atoms with Crippen molar-refractivity contribution in [2.24, 2.45) is 0 Å². The van der Waals surface area contributed by atoms with Crippen LogP contribution in [0.15, 0.2) is 54.6 Å². The molecule has 7 heteroatoms. The minimum absolute atomic E-state index is 0.169. The van der Waals surface area contributed by atoms with E-state index in [-0.39, 0.29) is 18.6 Å². The Bertz CT molecular complexity index is 1180. The van der Waals surface area contributed by atoms with Gasteiger partial charge in [0.25, 0.3) is 5.91 Å². The van der Waals surface area contributed by atoms with Gasteiger partial charge in [-0.3, -0.25) is 4.79 Å². The van der Waals surface area contributed by atoms with Gasteiger partial charge in [0.05, 0.1) is 30.8 Å². The highest BCUT2D eigenvalue weighted by atomic mass is 35.5. The van der Waals surface area contributed by atoms with Crippen LogP contribution in [0, 0.1) is 0 Å². The third-order valence-corrected chi connectivity index (χ3v) is 6.71. The van der Waals surface area contributed by atoms with Gasteiger partial charge in [-0.15, -0.1) is 0 Å². The van der Waals surface area contributed by atoms with Crippen LogP contribution in [-0.2, 0) is 12.8 Å². The Balaban J connectivity index is 1.70. The molecule has 0 saturated heterocycles. The second kappa shape index (κ2) is 10.6. The van der Waals surface area contributed by atoms with Gasteiger partial charge in [0, 0.05) is 11.6 Å². The van der Waals surface area contributed by atoms with Crippen LogP contribution in [-0.4, -0.2) is 38.2 Å². The predicted octanol–water partition coefficient (Wildman–Crippen LogP) is 6.39. The molecule has 1 aliphatic rings. The Labute approximate surface area is 210 Å². The lowest BCUT2D eigenvalue weighted by molar-refractivity contribution is 0.0589. The summed E-state index contributed by atoms with van der Waals surface area (Å²) in [4.78, 5) is 15.4. The summed E-state index contributed by atoms with van der Waals surface area (Å²) < 4.78 is 17.2. The standard InChI is InChI=1S/C27H27Cl2NO4/c1-4-17-5-8-20(9-6-17)34-16-24-22-15-26(33-3)25(32-2)13-18(22)11-12-30(24)27(31)21-10-7-19(28)14-23(21)29/h5-10,13-15,24H,4,11-12,16H2,1-3H3/t24-/m1/s1. The van der Waals surface area contributed by atoms with Crippen molar-refractivity contribution in [1.29, 1.82) is 0 Å². The van der Waals surface area contributed by atoms with Crippen molar-refractivity contribution < 1.29 is 19.0 Å². The van der Waals surface area contributed by atoms with Crippen LogP contribution in [0.3, 0.4) is 0 Å². The number of methoxy groups -OCH3 is 2. The molecule has 4 rings (SSSR count). The molecule has 0 aliphatic carbocycles. The van der Waals surface area contributed by atoms with Crippen LogP contribution < -0.4 is 14.2 Å². The number of aryl methyl sites for hydroxylation is 1. The molecule has 34 heavy (non-hydrogen) atoms. The molecular weight excluding hydrogens is 473 g/mol. The maximum atomic E-state index is 13.6. The number of halogens is 2. The monoisotopic (exact) mass is 499 g/mol. The first-order valence-electron chi connectivity index (χ1n) is 11.2. The second-order valence-electron chi connectivity index (χ2n) is 8.10. The fourth-order valence-electron chi connectivity index (χ4n) is 4.27. The largest absolute Gasteiger partial charge is 0.493 e. The maximum Gasteiger partial charge on any atom is 0.256 e. The Morgan fingerprint density at radius 1 is 1.00 bits per heavy atom. The number of nitrogens with zero attached hydrogens (tertiary/aromatic N) is 1. The van der Waals surface area contributed by atoms with Gasteiger partial charge in [-0.25, -0.2) is 0 Å². The topological polar surface area (TPSA) is 48.0 Å². The van der Waals surface area contributed by atoms with Crippen molar-refractivity contribution in [3.8, 4) is 17.2 Å². The number of hydrogen-bond acceptors (Lipinski definition) is 4. The number of rotatable bonds is 7. The summed E-state index contributed by atoms with van der Waals surface area (Å²) in [5.74, 6) is 1.85. The first-order chi connectivity index (χ1) is 16.4. The van der Waals surface area contributed by atoms with E-state index in [2.05, 4.69) is 19.1 Å². The highest BCUT2D eigenvalue weighted by molar-refractivity contribution is 6.36. The summed E-state index contributed by atoms with van der Waals surface area (Å²) in [6.07, 6.45) is 1.64. The normalized spacial score (nSPS) is 15.0. The van der Waals surface area contributed by atoms with Crippen molar-refractivity contribution in [2.45, 2.75) is 25.8 Å². The molecule has 0 unspecified atom stereocenters. The molecular formula is C27H27Cl2NO4. The van der Waals surface area contributed by atoms with Gasteiger partial charge in [-0.1, -0.05) is 42.3 Å². The van der Waals surface area contributed by atoms with Crippen molar-refractivity contribution in [3.63, 3.8) is 0 Å². The van der Waals surface area contributed by atoms with Gasteiger partial charge in [0.15, 0.2) is 11.5 Å². The third kappa shape index (κ3) is 4.96. The third-order valence-electron chi connectivity index (χ3n) is 6.16. The van der Waals surface area contributed by atoms with E-state index >= 15 is 0 Å². The van der Waals surface area contributed by atoms with Crippen molar-refractivity contribution >= 4 is 29.1 Å². The lowest BCUT2D eigenvalue weighted by atomic mass is 9.91. The van der Waals surface area contributed by atoms with Gasteiger partial charge in [-0.05, 0) is 72.0 Å². The van der Waals surface area contributed by atoms with Gasteiger partial charge < -0.3 is 19.1 Å². The molecule has 0 bridgehead atoms. The quantitative estimate of drug-likeness (QED) is 0.377. The Morgan fingerprint density at radius 3 is 2.35 bits per heavy atom. The Morgan fingerprint density at radius 2 is 1.71 bits per heavy atom. The SMILES string of the molecule is CCc1ccc(OC[C@@H]2c3cc(OC)c(OC)cc3CCN2C(=O)c2ccc(Cl)cc2Cl)cc1. The van der Waals surface area contributed by atoms with E-state index in [1.54, 1.807) is 32.4 Å². The Hall–Kier alpha value is -2.89.